The summed E-state index contributed by atoms with van der Waals surface area (Å²) in [6.45, 7) is 7.16. The molecule has 0 bridgehead atoms. The van der Waals surface area contributed by atoms with E-state index < -0.39 is 35.7 Å². The number of alkyl halides is 3. The van der Waals surface area contributed by atoms with Crippen molar-refractivity contribution in [3.63, 3.8) is 0 Å². The quantitative estimate of drug-likeness (QED) is 0.724. The molecule has 1 rings (SSSR count). The lowest BCUT2D eigenvalue weighted by atomic mass is 9.75. The van der Waals surface area contributed by atoms with Gasteiger partial charge in [0.05, 0.1) is 11.2 Å². The first-order valence-electron chi connectivity index (χ1n) is 5.97. The Bertz CT molecular complexity index is 480. The van der Waals surface area contributed by atoms with Crippen molar-refractivity contribution in [1.29, 1.82) is 0 Å². The number of rotatable bonds is 4. The maximum absolute atomic E-state index is 12.8. The summed E-state index contributed by atoms with van der Waals surface area (Å²) in [5, 5.41) is 25.2. The number of aryl methyl sites for hydroxylation is 1. The monoisotopic (exact) mass is 294 g/mol. The van der Waals surface area contributed by atoms with Gasteiger partial charge in [-0.05, 0) is 34.6 Å². The average Bonchev–Trinajstić information content (AvgIpc) is 2.56. The fraction of sp³-hybridized carbons (Fsp3) is 0.727. The van der Waals surface area contributed by atoms with Crippen LogP contribution in [-0.2, 0) is 10.8 Å². The van der Waals surface area contributed by atoms with Gasteiger partial charge in [-0.1, -0.05) is 0 Å². The van der Waals surface area contributed by atoms with Gasteiger partial charge < -0.3 is 14.8 Å². The molecule has 0 unspecified atom stereocenters. The van der Waals surface area contributed by atoms with Crippen molar-refractivity contribution in [3.05, 3.63) is 11.4 Å². The summed E-state index contributed by atoms with van der Waals surface area (Å²) in [6, 6.07) is 0. The number of nitrogens with zero attached hydrogens (tertiary/aromatic N) is 1. The fourth-order valence-corrected chi connectivity index (χ4v) is 1.44. The van der Waals surface area contributed by atoms with E-state index in [9.17, 15) is 23.3 Å². The van der Waals surface area contributed by atoms with E-state index in [1.807, 2.05) is 0 Å². The smallest absolute Gasteiger partial charge is 0.423 e. The number of halogens is 3. The molecule has 0 radical (unpaired) electrons. The number of aromatic amines is 1. The van der Waals surface area contributed by atoms with Gasteiger partial charge in [-0.2, -0.15) is 18.3 Å². The van der Waals surface area contributed by atoms with E-state index in [-0.39, 0.29) is 5.69 Å². The van der Waals surface area contributed by atoms with Gasteiger partial charge >= 0.3 is 13.3 Å². The molecule has 3 N–H and O–H groups in total. The molecule has 20 heavy (non-hydrogen) atoms. The molecular weight excluding hydrogens is 276 g/mol. The van der Waals surface area contributed by atoms with Crippen LogP contribution in [0.25, 0.3) is 0 Å². The topological polar surface area (TPSA) is 78.4 Å². The van der Waals surface area contributed by atoms with Crippen LogP contribution in [0.4, 0.5) is 13.2 Å². The Morgan fingerprint density at radius 2 is 1.70 bits per heavy atom. The van der Waals surface area contributed by atoms with E-state index in [1.54, 1.807) is 0 Å². The summed E-state index contributed by atoms with van der Waals surface area (Å²) < 4.78 is 43.6. The van der Waals surface area contributed by atoms with Gasteiger partial charge in [-0.15, -0.1) is 0 Å². The number of aliphatic hydroxyl groups is 1. The van der Waals surface area contributed by atoms with E-state index in [0.717, 1.165) is 0 Å². The maximum Gasteiger partial charge on any atom is 0.495 e. The van der Waals surface area contributed by atoms with Gasteiger partial charge in [-0.3, -0.25) is 5.10 Å². The Morgan fingerprint density at radius 1 is 1.20 bits per heavy atom. The molecule has 0 aliphatic rings. The predicted molar refractivity (Wildman–Crippen MR) is 67.4 cm³/mol. The van der Waals surface area contributed by atoms with Crippen molar-refractivity contribution in [2.45, 2.75) is 52.0 Å². The van der Waals surface area contributed by atoms with Crippen LogP contribution >= 0.6 is 0 Å². The maximum atomic E-state index is 12.8. The second-order valence-electron chi connectivity index (χ2n) is 5.65. The van der Waals surface area contributed by atoms with E-state index in [1.165, 1.54) is 34.6 Å². The normalized spacial score (nSPS) is 13.7. The molecule has 0 spiro atoms. The highest BCUT2D eigenvalue weighted by atomic mass is 19.4. The van der Waals surface area contributed by atoms with Gasteiger partial charge in [0.1, 0.15) is 0 Å². The minimum Gasteiger partial charge on any atom is -0.423 e. The van der Waals surface area contributed by atoms with Crippen molar-refractivity contribution >= 4 is 12.6 Å². The van der Waals surface area contributed by atoms with Gasteiger partial charge in [0.25, 0.3) is 0 Å². The highest BCUT2D eigenvalue weighted by Crippen LogP contribution is 2.29. The Balaban J connectivity index is 3.11. The summed E-state index contributed by atoms with van der Waals surface area (Å²) in [6.07, 6.45) is -4.71. The van der Waals surface area contributed by atoms with Crippen LogP contribution in [0, 0.1) is 6.92 Å². The van der Waals surface area contributed by atoms with Crippen molar-refractivity contribution in [2.75, 3.05) is 0 Å². The fourth-order valence-electron chi connectivity index (χ4n) is 1.44. The Hall–Kier alpha value is -1.06. The number of hydrogen-bond donors (Lipinski definition) is 3. The molecule has 0 amide bonds. The lowest BCUT2D eigenvalue weighted by Crippen LogP contribution is -2.54. The third-order valence-electron chi connectivity index (χ3n) is 3.39. The molecule has 1 heterocycles. The standard InChI is InChI=1S/C11H18BF3N2O3/c1-6-7(8(17-16-6)11(13,14)15)12(19)20-10(4,5)9(2,3)18/h18-19H,1-5H3,(H,16,17). The van der Waals surface area contributed by atoms with Crippen LogP contribution in [0.3, 0.4) is 0 Å². The molecule has 9 heteroatoms. The summed E-state index contributed by atoms with van der Waals surface area (Å²) in [4.78, 5) is 0. The summed E-state index contributed by atoms with van der Waals surface area (Å²) in [5.74, 6) is 0. The second kappa shape index (κ2) is 5.05. The zero-order valence-corrected chi connectivity index (χ0v) is 12.0. The van der Waals surface area contributed by atoms with E-state index in [0.29, 0.717) is 0 Å². The first kappa shape index (κ1) is 17.0. The zero-order chi connectivity index (χ0) is 15.9. The van der Waals surface area contributed by atoms with Crippen LogP contribution in [0.15, 0.2) is 0 Å². The van der Waals surface area contributed by atoms with Crippen molar-refractivity contribution < 1.29 is 28.0 Å². The van der Waals surface area contributed by atoms with E-state index in [2.05, 4.69) is 10.2 Å². The van der Waals surface area contributed by atoms with Crippen LogP contribution in [0.5, 0.6) is 0 Å². The average molecular weight is 294 g/mol. The summed E-state index contributed by atoms with van der Waals surface area (Å²) >= 11 is 0. The molecule has 1 aromatic rings. The van der Waals surface area contributed by atoms with Crippen molar-refractivity contribution in [2.24, 2.45) is 0 Å². The molecule has 0 aliphatic carbocycles. The Kier molecular flexibility index (Phi) is 4.29. The van der Waals surface area contributed by atoms with Crippen molar-refractivity contribution in [1.82, 2.24) is 10.2 Å². The van der Waals surface area contributed by atoms with E-state index in [4.69, 9.17) is 4.65 Å². The second-order valence-corrected chi connectivity index (χ2v) is 5.65. The van der Waals surface area contributed by atoms with Crippen LogP contribution in [0.2, 0.25) is 0 Å². The molecule has 0 saturated heterocycles. The predicted octanol–water partition coefficient (Wildman–Crippen LogP) is 0.991. The Morgan fingerprint density at radius 3 is 2.10 bits per heavy atom. The van der Waals surface area contributed by atoms with E-state index >= 15 is 0 Å². The van der Waals surface area contributed by atoms with Crippen LogP contribution in [0.1, 0.15) is 39.1 Å². The largest absolute Gasteiger partial charge is 0.495 e. The highest BCUT2D eigenvalue weighted by Gasteiger charge is 2.45. The highest BCUT2D eigenvalue weighted by molar-refractivity contribution is 6.61. The molecule has 0 atom stereocenters. The number of nitrogens with one attached hydrogen (secondary N) is 1. The number of hydrogen-bond acceptors (Lipinski definition) is 4. The molecule has 0 aromatic carbocycles. The van der Waals surface area contributed by atoms with Gasteiger partial charge in [-0.25, -0.2) is 0 Å². The Labute approximate surface area is 115 Å². The lowest BCUT2D eigenvalue weighted by Gasteiger charge is -2.38. The zero-order valence-electron chi connectivity index (χ0n) is 12.0. The first-order valence-corrected chi connectivity index (χ1v) is 5.97. The minimum absolute atomic E-state index is 0.0522. The van der Waals surface area contributed by atoms with Crippen molar-refractivity contribution in [3.8, 4) is 0 Å². The van der Waals surface area contributed by atoms with Gasteiger partial charge in [0.15, 0.2) is 5.69 Å². The minimum atomic E-state index is -4.71. The summed E-state index contributed by atoms with van der Waals surface area (Å²) in [5.41, 5.74) is -4.27. The molecular formula is C11H18BF3N2O3. The van der Waals surface area contributed by atoms with Crippen LogP contribution < -0.4 is 5.46 Å². The molecule has 0 saturated carbocycles. The molecule has 1 aromatic heterocycles. The molecule has 5 nitrogen and oxygen atoms in total. The van der Waals surface area contributed by atoms with Crippen LogP contribution in [-0.4, -0.2) is 38.6 Å². The number of aromatic nitrogens is 2. The van der Waals surface area contributed by atoms with Gasteiger partial charge in [0.2, 0.25) is 0 Å². The van der Waals surface area contributed by atoms with Gasteiger partial charge in [0, 0.05) is 11.2 Å². The molecule has 0 aliphatic heterocycles. The number of H-pyrrole nitrogens is 1. The summed E-state index contributed by atoms with van der Waals surface area (Å²) in [7, 11) is -1.85. The third kappa shape index (κ3) is 3.33. The third-order valence-corrected chi connectivity index (χ3v) is 3.39. The first-order chi connectivity index (χ1) is 8.77. The molecule has 0 fully saturated rings. The molecule has 114 valence electrons. The SMILES string of the molecule is Cc1[nH]nc(C(F)(F)F)c1B(O)OC(C)(C)C(C)(C)O. The lowest BCUT2D eigenvalue weighted by molar-refractivity contribution is -0.140.